The van der Waals surface area contributed by atoms with Crippen LogP contribution in [0.2, 0.25) is 0 Å². The minimum atomic E-state index is -3.74. The second-order valence-electron chi connectivity index (χ2n) is 6.78. The van der Waals surface area contributed by atoms with Gasteiger partial charge in [-0.1, -0.05) is 12.1 Å². The Balaban J connectivity index is 1.40. The number of nitrogens with zero attached hydrogens (tertiary/aromatic N) is 2. The SMILES string of the molecule is O=C1C(NCc2cccc(F)c2)CCN1c1ccc(S(=O)(=O)Nc2nccs2)cc1. The van der Waals surface area contributed by atoms with Gasteiger partial charge in [0.2, 0.25) is 5.91 Å². The first-order chi connectivity index (χ1) is 14.4. The van der Waals surface area contributed by atoms with Gasteiger partial charge in [0, 0.05) is 30.4 Å². The minimum Gasteiger partial charge on any atom is -0.311 e. The van der Waals surface area contributed by atoms with Crippen molar-refractivity contribution in [3.63, 3.8) is 0 Å². The van der Waals surface area contributed by atoms with E-state index in [1.165, 1.54) is 41.8 Å². The topological polar surface area (TPSA) is 91.4 Å². The smallest absolute Gasteiger partial charge is 0.263 e. The molecule has 7 nitrogen and oxygen atoms in total. The number of benzene rings is 2. The summed E-state index contributed by atoms with van der Waals surface area (Å²) in [4.78, 5) is 18.4. The number of carbonyl (C=O) groups excluding carboxylic acids is 1. The second-order valence-corrected chi connectivity index (χ2v) is 9.36. The largest absolute Gasteiger partial charge is 0.311 e. The van der Waals surface area contributed by atoms with Crippen molar-refractivity contribution in [2.75, 3.05) is 16.2 Å². The fourth-order valence-electron chi connectivity index (χ4n) is 3.27. The molecule has 30 heavy (non-hydrogen) atoms. The Labute approximate surface area is 177 Å². The van der Waals surface area contributed by atoms with E-state index in [1.54, 1.807) is 34.5 Å². The van der Waals surface area contributed by atoms with Crippen LogP contribution in [0, 0.1) is 5.82 Å². The van der Waals surface area contributed by atoms with Gasteiger partial charge in [0.25, 0.3) is 10.0 Å². The third kappa shape index (κ3) is 4.50. The van der Waals surface area contributed by atoms with E-state index in [0.29, 0.717) is 30.3 Å². The molecule has 3 aromatic rings. The molecule has 1 aliphatic heterocycles. The van der Waals surface area contributed by atoms with Crippen LogP contribution < -0.4 is 14.9 Å². The molecule has 0 spiro atoms. The van der Waals surface area contributed by atoms with E-state index in [1.807, 2.05) is 0 Å². The molecule has 0 aliphatic carbocycles. The summed E-state index contributed by atoms with van der Waals surface area (Å²) in [6, 6.07) is 12.0. The van der Waals surface area contributed by atoms with Crippen LogP contribution in [0.4, 0.5) is 15.2 Å². The molecule has 1 saturated heterocycles. The first-order valence-electron chi connectivity index (χ1n) is 9.24. The molecule has 2 aromatic carbocycles. The van der Waals surface area contributed by atoms with E-state index in [0.717, 1.165) is 5.56 Å². The fraction of sp³-hybridized carbons (Fsp3) is 0.200. The Kier molecular flexibility index (Phi) is 5.80. The highest BCUT2D eigenvalue weighted by Crippen LogP contribution is 2.25. The molecule has 1 aromatic heterocycles. The quantitative estimate of drug-likeness (QED) is 0.582. The molecule has 2 N–H and O–H groups in total. The van der Waals surface area contributed by atoms with E-state index in [4.69, 9.17) is 0 Å². The maximum Gasteiger partial charge on any atom is 0.263 e. The lowest BCUT2D eigenvalue weighted by molar-refractivity contribution is -0.118. The molecule has 1 atom stereocenters. The first-order valence-corrected chi connectivity index (χ1v) is 11.6. The summed E-state index contributed by atoms with van der Waals surface area (Å²) in [5, 5.41) is 5.14. The number of halogens is 1. The molecule has 4 rings (SSSR count). The van der Waals surface area contributed by atoms with Gasteiger partial charge in [-0.2, -0.15) is 0 Å². The number of sulfonamides is 1. The van der Waals surface area contributed by atoms with Crippen molar-refractivity contribution >= 4 is 38.1 Å². The predicted molar refractivity (Wildman–Crippen MR) is 113 cm³/mol. The Morgan fingerprint density at radius 3 is 2.70 bits per heavy atom. The standard InChI is InChI=1S/C20H19FN4O3S2/c21-15-3-1-2-14(12-15)13-23-18-8-10-25(19(18)26)16-4-6-17(7-5-16)30(27,28)24-20-22-9-11-29-20/h1-7,9,11-12,18,23H,8,10,13H2,(H,22,24). The number of anilines is 2. The lowest BCUT2D eigenvalue weighted by atomic mass is 10.2. The molecular weight excluding hydrogens is 427 g/mol. The number of nitrogens with one attached hydrogen (secondary N) is 2. The summed E-state index contributed by atoms with van der Waals surface area (Å²) in [5.74, 6) is -0.406. The summed E-state index contributed by atoms with van der Waals surface area (Å²) < 4.78 is 40.6. The first kappa shape index (κ1) is 20.5. The Morgan fingerprint density at radius 2 is 2.00 bits per heavy atom. The second kappa shape index (κ2) is 8.50. The zero-order valence-corrected chi connectivity index (χ0v) is 17.4. The number of hydrogen-bond donors (Lipinski definition) is 2. The zero-order valence-electron chi connectivity index (χ0n) is 15.8. The van der Waals surface area contributed by atoms with E-state index in [9.17, 15) is 17.6 Å². The Morgan fingerprint density at radius 1 is 1.20 bits per heavy atom. The molecule has 1 unspecified atom stereocenters. The molecule has 10 heteroatoms. The Bertz CT molecular complexity index is 1140. The van der Waals surface area contributed by atoms with Crippen molar-refractivity contribution in [2.45, 2.75) is 23.9 Å². The van der Waals surface area contributed by atoms with Crippen LogP contribution in [-0.4, -0.2) is 31.9 Å². The highest BCUT2D eigenvalue weighted by atomic mass is 32.2. The maximum atomic E-state index is 13.3. The van der Waals surface area contributed by atoms with Gasteiger partial charge in [0.1, 0.15) is 5.82 Å². The molecule has 0 saturated carbocycles. The number of thiazole rings is 1. The molecular formula is C20H19FN4O3S2. The average Bonchev–Trinajstić information content (AvgIpc) is 3.36. The van der Waals surface area contributed by atoms with Gasteiger partial charge < -0.3 is 10.2 Å². The zero-order chi connectivity index (χ0) is 21.1. The molecule has 1 fully saturated rings. The number of hydrogen-bond acceptors (Lipinski definition) is 6. The summed E-state index contributed by atoms with van der Waals surface area (Å²) in [7, 11) is -3.74. The number of amides is 1. The van der Waals surface area contributed by atoms with Crippen LogP contribution in [0.5, 0.6) is 0 Å². The maximum absolute atomic E-state index is 13.3. The van der Waals surface area contributed by atoms with Gasteiger partial charge in [0.05, 0.1) is 10.9 Å². The minimum absolute atomic E-state index is 0.0916. The van der Waals surface area contributed by atoms with Crippen molar-refractivity contribution in [2.24, 2.45) is 0 Å². The number of carbonyl (C=O) groups is 1. The summed E-state index contributed by atoms with van der Waals surface area (Å²) in [6.07, 6.45) is 2.13. The van der Waals surface area contributed by atoms with Gasteiger partial charge in [-0.05, 0) is 48.4 Å². The average molecular weight is 447 g/mol. The van der Waals surface area contributed by atoms with Gasteiger partial charge in [-0.15, -0.1) is 11.3 Å². The van der Waals surface area contributed by atoms with E-state index >= 15 is 0 Å². The van der Waals surface area contributed by atoms with Crippen LogP contribution in [0.15, 0.2) is 65.0 Å². The monoisotopic (exact) mass is 446 g/mol. The van der Waals surface area contributed by atoms with Gasteiger partial charge >= 0.3 is 0 Å². The fourth-order valence-corrected chi connectivity index (χ4v) is 5.06. The summed E-state index contributed by atoms with van der Waals surface area (Å²) >= 11 is 1.19. The Hall–Kier alpha value is -2.82. The highest BCUT2D eigenvalue weighted by molar-refractivity contribution is 7.93. The molecule has 1 aliphatic rings. The van der Waals surface area contributed by atoms with Crippen molar-refractivity contribution < 1.29 is 17.6 Å². The van der Waals surface area contributed by atoms with Gasteiger partial charge in [-0.25, -0.2) is 17.8 Å². The van der Waals surface area contributed by atoms with Crippen molar-refractivity contribution in [3.05, 3.63) is 71.5 Å². The predicted octanol–water partition coefficient (Wildman–Crippen LogP) is 2.98. The lowest BCUT2D eigenvalue weighted by Gasteiger charge is -2.18. The van der Waals surface area contributed by atoms with Crippen molar-refractivity contribution in [3.8, 4) is 0 Å². The number of rotatable bonds is 7. The highest BCUT2D eigenvalue weighted by Gasteiger charge is 2.32. The molecule has 2 heterocycles. The normalized spacial score (nSPS) is 16.8. The third-order valence-electron chi connectivity index (χ3n) is 4.76. The molecule has 0 radical (unpaired) electrons. The number of aromatic nitrogens is 1. The molecule has 0 bridgehead atoms. The van der Waals surface area contributed by atoms with E-state index in [2.05, 4.69) is 15.0 Å². The van der Waals surface area contributed by atoms with Crippen LogP contribution in [-0.2, 0) is 21.4 Å². The van der Waals surface area contributed by atoms with E-state index in [-0.39, 0.29) is 22.7 Å². The summed E-state index contributed by atoms with van der Waals surface area (Å²) in [6.45, 7) is 0.907. The van der Waals surface area contributed by atoms with Gasteiger partial charge in [0.15, 0.2) is 5.13 Å². The molecule has 156 valence electrons. The molecule has 1 amide bonds. The van der Waals surface area contributed by atoms with Crippen LogP contribution in [0.1, 0.15) is 12.0 Å². The van der Waals surface area contributed by atoms with Crippen LogP contribution in [0.25, 0.3) is 0 Å². The van der Waals surface area contributed by atoms with Gasteiger partial charge in [-0.3, -0.25) is 9.52 Å². The summed E-state index contributed by atoms with van der Waals surface area (Å²) in [5.41, 5.74) is 1.40. The van der Waals surface area contributed by atoms with Crippen LogP contribution >= 0.6 is 11.3 Å². The van der Waals surface area contributed by atoms with E-state index < -0.39 is 10.0 Å². The van der Waals surface area contributed by atoms with Crippen molar-refractivity contribution in [1.29, 1.82) is 0 Å². The van der Waals surface area contributed by atoms with Crippen LogP contribution in [0.3, 0.4) is 0 Å². The lowest BCUT2D eigenvalue weighted by Crippen LogP contribution is -2.38. The third-order valence-corrected chi connectivity index (χ3v) is 6.93. The van der Waals surface area contributed by atoms with Crippen molar-refractivity contribution in [1.82, 2.24) is 10.3 Å².